The third-order valence-electron chi connectivity index (χ3n) is 3.35. The molecule has 1 aromatic rings. The zero-order valence-electron chi connectivity index (χ0n) is 13.5. The number of nitrogens with zero attached hydrogens (tertiary/aromatic N) is 2. The van der Waals surface area contributed by atoms with Crippen LogP contribution >= 0.6 is 0 Å². The average molecular weight is 295 g/mol. The van der Waals surface area contributed by atoms with Crippen molar-refractivity contribution in [1.82, 2.24) is 14.9 Å². The monoisotopic (exact) mass is 295 g/mol. The van der Waals surface area contributed by atoms with E-state index in [-0.39, 0.29) is 28.7 Å². The second-order valence-electron chi connectivity index (χ2n) is 7.02. The summed E-state index contributed by atoms with van der Waals surface area (Å²) in [5, 5.41) is 3.30. The highest BCUT2D eigenvalue weighted by Crippen LogP contribution is 2.16. The van der Waals surface area contributed by atoms with E-state index in [4.69, 9.17) is 9.47 Å². The third kappa shape index (κ3) is 4.04. The maximum atomic E-state index is 12.3. The Balaban J connectivity index is 2.06. The molecule has 0 aliphatic carbocycles. The van der Waals surface area contributed by atoms with Crippen molar-refractivity contribution in [3.63, 3.8) is 0 Å². The van der Waals surface area contributed by atoms with Crippen molar-refractivity contribution >= 4 is 0 Å². The molecular weight excluding hydrogens is 270 g/mol. The first-order chi connectivity index (χ1) is 9.69. The molecule has 1 saturated heterocycles. The Labute approximate surface area is 125 Å². The Morgan fingerprint density at radius 1 is 1.52 bits per heavy atom. The van der Waals surface area contributed by atoms with Crippen LogP contribution in [0.3, 0.4) is 0 Å². The first-order valence-corrected chi connectivity index (χ1v) is 7.28. The lowest BCUT2D eigenvalue weighted by atomic mass is 10.1. The van der Waals surface area contributed by atoms with Crippen LogP contribution in [0.5, 0.6) is 5.88 Å². The number of hydrogen-bond acceptors (Lipinski definition) is 5. The van der Waals surface area contributed by atoms with E-state index in [0.29, 0.717) is 13.2 Å². The quantitative estimate of drug-likeness (QED) is 0.906. The second kappa shape index (κ2) is 5.77. The van der Waals surface area contributed by atoms with Gasteiger partial charge in [-0.3, -0.25) is 4.79 Å². The predicted octanol–water partition coefficient (Wildman–Crippen LogP) is 1.14. The number of nitrogens with one attached hydrogen (secondary N) is 1. The van der Waals surface area contributed by atoms with Crippen LogP contribution in [0.4, 0.5) is 0 Å². The normalized spacial score (nSPS) is 22.0. The summed E-state index contributed by atoms with van der Waals surface area (Å²) in [5.74, 6) is 0.124. The molecule has 1 aliphatic heterocycles. The Morgan fingerprint density at radius 3 is 2.86 bits per heavy atom. The van der Waals surface area contributed by atoms with E-state index >= 15 is 0 Å². The van der Waals surface area contributed by atoms with E-state index in [1.54, 1.807) is 17.0 Å². The van der Waals surface area contributed by atoms with Gasteiger partial charge in [0.15, 0.2) is 0 Å². The molecule has 0 spiro atoms. The van der Waals surface area contributed by atoms with Crippen LogP contribution < -0.4 is 15.6 Å². The van der Waals surface area contributed by atoms with Crippen LogP contribution in [0.15, 0.2) is 17.2 Å². The summed E-state index contributed by atoms with van der Waals surface area (Å²) in [6.07, 6.45) is 3.18. The van der Waals surface area contributed by atoms with Crippen molar-refractivity contribution in [1.29, 1.82) is 0 Å². The standard InChI is InChI=1S/C15H25N3O3/c1-14(2,3)18-7-6-17-12(13(18)19)20-9-11-8-16-10-15(4,5)21-11/h6-7,11,16H,8-10H2,1-5H3. The first-order valence-electron chi connectivity index (χ1n) is 7.28. The molecule has 2 heterocycles. The van der Waals surface area contributed by atoms with Gasteiger partial charge in [0.05, 0.1) is 5.60 Å². The van der Waals surface area contributed by atoms with Gasteiger partial charge in [-0.05, 0) is 34.6 Å². The molecule has 0 amide bonds. The molecule has 1 unspecified atom stereocenters. The van der Waals surface area contributed by atoms with Gasteiger partial charge in [0.25, 0.3) is 5.88 Å². The number of morpholine rings is 1. The largest absolute Gasteiger partial charge is 0.471 e. The van der Waals surface area contributed by atoms with Crippen molar-refractivity contribution in [2.24, 2.45) is 0 Å². The SMILES string of the molecule is CC1(C)CNCC(COc2nccn(C(C)(C)C)c2=O)O1. The van der Waals surface area contributed by atoms with Crippen molar-refractivity contribution in [3.05, 3.63) is 22.7 Å². The molecule has 1 aromatic heterocycles. The van der Waals surface area contributed by atoms with Crippen LogP contribution in [-0.2, 0) is 10.3 Å². The minimum absolute atomic E-state index is 0.0850. The maximum absolute atomic E-state index is 12.3. The van der Waals surface area contributed by atoms with E-state index in [1.807, 2.05) is 34.6 Å². The van der Waals surface area contributed by atoms with Crippen molar-refractivity contribution in [2.75, 3.05) is 19.7 Å². The number of hydrogen-bond donors (Lipinski definition) is 1. The van der Waals surface area contributed by atoms with Gasteiger partial charge in [0.1, 0.15) is 12.7 Å². The molecule has 2 rings (SSSR count). The van der Waals surface area contributed by atoms with Gasteiger partial charge in [-0.25, -0.2) is 4.98 Å². The molecule has 6 nitrogen and oxygen atoms in total. The second-order valence-corrected chi connectivity index (χ2v) is 7.02. The lowest BCUT2D eigenvalue weighted by Gasteiger charge is -2.36. The Bertz CT molecular complexity index is 546. The molecule has 118 valence electrons. The third-order valence-corrected chi connectivity index (χ3v) is 3.35. The molecule has 1 atom stereocenters. The van der Waals surface area contributed by atoms with Gasteiger partial charge in [-0.1, -0.05) is 0 Å². The van der Waals surface area contributed by atoms with Crippen LogP contribution in [-0.4, -0.2) is 41.0 Å². The molecule has 21 heavy (non-hydrogen) atoms. The van der Waals surface area contributed by atoms with Gasteiger partial charge in [0.2, 0.25) is 0 Å². The predicted molar refractivity (Wildman–Crippen MR) is 80.8 cm³/mol. The summed E-state index contributed by atoms with van der Waals surface area (Å²) in [4.78, 5) is 16.4. The highest BCUT2D eigenvalue weighted by molar-refractivity contribution is 5.06. The van der Waals surface area contributed by atoms with Gasteiger partial charge in [-0.15, -0.1) is 0 Å². The van der Waals surface area contributed by atoms with Crippen LogP contribution in [0.1, 0.15) is 34.6 Å². The molecule has 1 fully saturated rings. The number of ether oxygens (including phenoxy) is 2. The molecule has 1 aliphatic rings. The summed E-state index contributed by atoms with van der Waals surface area (Å²) in [6.45, 7) is 11.8. The summed E-state index contributed by atoms with van der Waals surface area (Å²) < 4.78 is 13.1. The Hall–Kier alpha value is -1.40. The smallest absolute Gasteiger partial charge is 0.313 e. The van der Waals surface area contributed by atoms with Crippen molar-refractivity contribution < 1.29 is 9.47 Å². The number of rotatable bonds is 3. The zero-order valence-corrected chi connectivity index (χ0v) is 13.5. The fourth-order valence-corrected chi connectivity index (χ4v) is 2.35. The van der Waals surface area contributed by atoms with Gasteiger partial charge < -0.3 is 19.4 Å². The minimum Gasteiger partial charge on any atom is -0.471 e. The minimum atomic E-state index is -0.303. The van der Waals surface area contributed by atoms with Crippen LogP contribution in [0.25, 0.3) is 0 Å². The molecule has 0 radical (unpaired) electrons. The van der Waals surface area contributed by atoms with Gasteiger partial charge in [-0.2, -0.15) is 0 Å². The fraction of sp³-hybridized carbons (Fsp3) is 0.733. The maximum Gasteiger partial charge on any atom is 0.313 e. The summed E-state index contributed by atoms with van der Waals surface area (Å²) in [7, 11) is 0. The Morgan fingerprint density at radius 2 is 2.24 bits per heavy atom. The summed E-state index contributed by atoms with van der Waals surface area (Å²) in [6, 6.07) is 0. The van der Waals surface area contributed by atoms with E-state index in [1.165, 1.54) is 0 Å². The van der Waals surface area contributed by atoms with Crippen LogP contribution in [0, 0.1) is 0 Å². The molecule has 0 aromatic carbocycles. The molecule has 0 saturated carbocycles. The van der Waals surface area contributed by atoms with Gasteiger partial charge >= 0.3 is 5.56 Å². The highest BCUT2D eigenvalue weighted by atomic mass is 16.6. The number of aromatic nitrogens is 2. The Kier molecular flexibility index (Phi) is 4.39. The molecule has 0 bridgehead atoms. The highest BCUT2D eigenvalue weighted by Gasteiger charge is 2.29. The van der Waals surface area contributed by atoms with E-state index < -0.39 is 0 Å². The topological polar surface area (TPSA) is 65.4 Å². The van der Waals surface area contributed by atoms with Crippen molar-refractivity contribution in [3.8, 4) is 5.88 Å². The van der Waals surface area contributed by atoms with E-state index in [0.717, 1.165) is 6.54 Å². The molecule has 1 N–H and O–H groups in total. The first kappa shape index (κ1) is 16.0. The summed E-state index contributed by atoms with van der Waals surface area (Å²) in [5.41, 5.74) is -0.738. The van der Waals surface area contributed by atoms with E-state index in [9.17, 15) is 4.79 Å². The average Bonchev–Trinajstić information content (AvgIpc) is 2.35. The lowest BCUT2D eigenvalue weighted by molar-refractivity contribution is -0.107. The molecule has 6 heteroatoms. The fourth-order valence-electron chi connectivity index (χ4n) is 2.35. The van der Waals surface area contributed by atoms with Crippen LogP contribution in [0.2, 0.25) is 0 Å². The lowest BCUT2D eigenvalue weighted by Crippen LogP contribution is -2.52. The van der Waals surface area contributed by atoms with Crippen molar-refractivity contribution in [2.45, 2.75) is 51.9 Å². The summed E-state index contributed by atoms with van der Waals surface area (Å²) >= 11 is 0. The van der Waals surface area contributed by atoms with E-state index in [2.05, 4.69) is 10.3 Å². The van der Waals surface area contributed by atoms with Gasteiger partial charge in [0, 0.05) is 31.0 Å². The molecular formula is C15H25N3O3. The zero-order chi connectivity index (χ0) is 15.7.